The number of hydrogen-bond acceptors (Lipinski definition) is 4. The van der Waals surface area contributed by atoms with Crippen molar-refractivity contribution in [2.24, 2.45) is 4.99 Å². The van der Waals surface area contributed by atoms with Crippen molar-refractivity contribution in [3.63, 3.8) is 0 Å². The van der Waals surface area contributed by atoms with Crippen molar-refractivity contribution < 1.29 is 0 Å². The van der Waals surface area contributed by atoms with Crippen LogP contribution in [0.2, 0.25) is 0 Å². The summed E-state index contributed by atoms with van der Waals surface area (Å²) in [6.45, 7) is 8.64. The van der Waals surface area contributed by atoms with E-state index in [1.807, 2.05) is 24.6 Å². The summed E-state index contributed by atoms with van der Waals surface area (Å²) in [5.74, 6) is 0.898. The van der Waals surface area contributed by atoms with E-state index in [-0.39, 0.29) is 0 Å². The first-order valence-corrected chi connectivity index (χ1v) is 9.20. The lowest BCUT2D eigenvalue weighted by Gasteiger charge is -2.23. The average Bonchev–Trinajstić information content (AvgIpc) is 3.19. The molecule has 2 heterocycles. The highest BCUT2D eigenvalue weighted by Crippen LogP contribution is 2.15. The van der Waals surface area contributed by atoms with E-state index in [1.54, 1.807) is 0 Å². The Morgan fingerprint density at radius 3 is 3.00 bits per heavy atom. The maximum atomic E-state index is 4.45. The Morgan fingerprint density at radius 2 is 2.32 bits per heavy atom. The molecule has 2 N–H and O–H groups in total. The molecule has 1 saturated heterocycles. The van der Waals surface area contributed by atoms with E-state index in [1.165, 1.54) is 29.3 Å². The Labute approximate surface area is 138 Å². The standard InChI is InChI=1S/C16H29N5S/c1-4-14-12-19-15(22-14)8-9-18-16(17-3)20-11-13-7-6-10-21(13)5-2/h12-13H,4-11H2,1-3H3,(H2,17,18,20). The minimum absolute atomic E-state index is 0.648. The lowest BCUT2D eigenvalue weighted by atomic mass is 10.2. The van der Waals surface area contributed by atoms with Gasteiger partial charge in [-0.3, -0.25) is 9.89 Å². The van der Waals surface area contributed by atoms with Gasteiger partial charge in [0, 0.05) is 43.7 Å². The SMILES string of the molecule is CCc1cnc(CCNC(=NC)NCC2CCCN2CC)s1. The van der Waals surface area contributed by atoms with Crippen molar-refractivity contribution in [1.82, 2.24) is 20.5 Å². The molecule has 0 amide bonds. The molecule has 1 aliphatic heterocycles. The summed E-state index contributed by atoms with van der Waals surface area (Å²) in [6.07, 6.45) is 6.62. The van der Waals surface area contributed by atoms with Crippen LogP contribution in [0.4, 0.5) is 0 Å². The van der Waals surface area contributed by atoms with Crippen LogP contribution in [0.5, 0.6) is 0 Å². The fourth-order valence-electron chi connectivity index (χ4n) is 2.89. The van der Waals surface area contributed by atoms with Gasteiger partial charge in [0.2, 0.25) is 0 Å². The molecule has 2 rings (SSSR count). The van der Waals surface area contributed by atoms with Gasteiger partial charge in [-0.2, -0.15) is 0 Å². The number of hydrogen-bond donors (Lipinski definition) is 2. The molecule has 22 heavy (non-hydrogen) atoms. The average molecular weight is 324 g/mol. The quantitative estimate of drug-likeness (QED) is 0.594. The molecule has 124 valence electrons. The molecule has 1 aromatic rings. The highest BCUT2D eigenvalue weighted by Gasteiger charge is 2.22. The lowest BCUT2D eigenvalue weighted by Crippen LogP contribution is -2.45. The molecule has 1 atom stereocenters. The molecule has 0 aromatic carbocycles. The number of aliphatic imine (C=N–C) groups is 1. The van der Waals surface area contributed by atoms with E-state index in [2.05, 4.69) is 39.4 Å². The first-order valence-electron chi connectivity index (χ1n) is 8.39. The van der Waals surface area contributed by atoms with Crippen LogP contribution in [0.1, 0.15) is 36.6 Å². The fourth-order valence-corrected chi connectivity index (χ4v) is 3.75. The van der Waals surface area contributed by atoms with Gasteiger partial charge in [0.25, 0.3) is 0 Å². The van der Waals surface area contributed by atoms with Gasteiger partial charge >= 0.3 is 0 Å². The Hall–Kier alpha value is -1.14. The molecule has 0 radical (unpaired) electrons. The zero-order chi connectivity index (χ0) is 15.8. The third kappa shape index (κ3) is 4.95. The molecule has 1 fully saturated rings. The largest absolute Gasteiger partial charge is 0.356 e. The first-order chi connectivity index (χ1) is 10.8. The van der Waals surface area contributed by atoms with E-state index >= 15 is 0 Å². The summed E-state index contributed by atoms with van der Waals surface area (Å²) in [4.78, 5) is 12.7. The number of aromatic nitrogens is 1. The predicted molar refractivity (Wildman–Crippen MR) is 94.8 cm³/mol. The molecule has 5 nitrogen and oxygen atoms in total. The highest BCUT2D eigenvalue weighted by atomic mass is 32.1. The summed E-state index contributed by atoms with van der Waals surface area (Å²) in [5.41, 5.74) is 0. The maximum Gasteiger partial charge on any atom is 0.191 e. The maximum absolute atomic E-state index is 4.45. The Bertz CT molecular complexity index is 471. The van der Waals surface area contributed by atoms with Gasteiger partial charge in [-0.05, 0) is 32.4 Å². The molecule has 0 spiro atoms. The lowest BCUT2D eigenvalue weighted by molar-refractivity contribution is 0.267. The molecular formula is C16H29N5S. The van der Waals surface area contributed by atoms with Crippen molar-refractivity contribution in [2.75, 3.05) is 33.2 Å². The van der Waals surface area contributed by atoms with Crippen molar-refractivity contribution >= 4 is 17.3 Å². The van der Waals surface area contributed by atoms with E-state index in [0.29, 0.717) is 6.04 Å². The second kappa shape index (κ2) is 9.10. The number of likely N-dealkylation sites (tertiary alicyclic amines) is 1. The van der Waals surface area contributed by atoms with Crippen LogP contribution in [-0.2, 0) is 12.8 Å². The number of nitrogens with zero attached hydrogens (tertiary/aromatic N) is 3. The number of aryl methyl sites for hydroxylation is 1. The minimum atomic E-state index is 0.648. The van der Waals surface area contributed by atoms with Crippen LogP contribution in [-0.4, -0.2) is 55.1 Å². The van der Waals surface area contributed by atoms with E-state index in [0.717, 1.165) is 38.4 Å². The van der Waals surface area contributed by atoms with Crippen LogP contribution >= 0.6 is 11.3 Å². The van der Waals surface area contributed by atoms with Crippen LogP contribution in [0.15, 0.2) is 11.2 Å². The van der Waals surface area contributed by atoms with Crippen LogP contribution in [0.25, 0.3) is 0 Å². The second-order valence-electron chi connectivity index (χ2n) is 5.63. The zero-order valence-corrected chi connectivity index (χ0v) is 14.9. The Kier molecular flexibility index (Phi) is 7.12. The molecule has 1 aliphatic rings. The molecule has 0 bridgehead atoms. The summed E-state index contributed by atoms with van der Waals surface area (Å²) < 4.78 is 0. The number of likely N-dealkylation sites (N-methyl/N-ethyl adjacent to an activating group) is 1. The van der Waals surface area contributed by atoms with Crippen molar-refractivity contribution in [3.05, 3.63) is 16.1 Å². The third-order valence-corrected chi connectivity index (χ3v) is 5.42. The number of guanidine groups is 1. The molecule has 1 aromatic heterocycles. The monoisotopic (exact) mass is 323 g/mol. The third-order valence-electron chi connectivity index (χ3n) is 4.22. The number of thiazole rings is 1. The number of rotatable bonds is 7. The van der Waals surface area contributed by atoms with Crippen LogP contribution in [0.3, 0.4) is 0 Å². The molecule has 6 heteroatoms. The van der Waals surface area contributed by atoms with Crippen molar-refractivity contribution in [3.8, 4) is 0 Å². The molecule has 0 aliphatic carbocycles. The van der Waals surface area contributed by atoms with Gasteiger partial charge in [0.15, 0.2) is 5.96 Å². The van der Waals surface area contributed by atoms with E-state index in [9.17, 15) is 0 Å². The first kappa shape index (κ1) is 17.2. The smallest absolute Gasteiger partial charge is 0.191 e. The molecule has 1 unspecified atom stereocenters. The van der Waals surface area contributed by atoms with Gasteiger partial charge in [0.05, 0.1) is 5.01 Å². The fraction of sp³-hybridized carbons (Fsp3) is 0.750. The molecular weight excluding hydrogens is 294 g/mol. The van der Waals surface area contributed by atoms with Gasteiger partial charge in [-0.15, -0.1) is 11.3 Å². The highest BCUT2D eigenvalue weighted by molar-refractivity contribution is 7.11. The van der Waals surface area contributed by atoms with E-state index in [4.69, 9.17) is 0 Å². The second-order valence-corrected chi connectivity index (χ2v) is 6.83. The van der Waals surface area contributed by atoms with Crippen molar-refractivity contribution in [1.29, 1.82) is 0 Å². The summed E-state index contributed by atoms with van der Waals surface area (Å²) in [6, 6.07) is 0.648. The molecule has 0 saturated carbocycles. The minimum Gasteiger partial charge on any atom is -0.356 e. The van der Waals surface area contributed by atoms with Gasteiger partial charge in [-0.25, -0.2) is 4.98 Å². The zero-order valence-electron chi connectivity index (χ0n) is 14.1. The van der Waals surface area contributed by atoms with Crippen LogP contribution in [0, 0.1) is 0 Å². The Balaban J connectivity index is 1.68. The number of nitrogens with one attached hydrogen (secondary N) is 2. The van der Waals surface area contributed by atoms with E-state index < -0.39 is 0 Å². The normalized spacial score (nSPS) is 19.6. The summed E-state index contributed by atoms with van der Waals surface area (Å²) in [5, 5.41) is 8.05. The van der Waals surface area contributed by atoms with Gasteiger partial charge in [0.1, 0.15) is 0 Å². The summed E-state index contributed by atoms with van der Waals surface area (Å²) in [7, 11) is 1.83. The topological polar surface area (TPSA) is 52.6 Å². The van der Waals surface area contributed by atoms with Crippen LogP contribution < -0.4 is 10.6 Å². The van der Waals surface area contributed by atoms with Gasteiger partial charge < -0.3 is 10.6 Å². The van der Waals surface area contributed by atoms with Gasteiger partial charge in [-0.1, -0.05) is 13.8 Å². The van der Waals surface area contributed by atoms with Crippen molar-refractivity contribution in [2.45, 2.75) is 45.6 Å². The Morgan fingerprint density at radius 1 is 1.45 bits per heavy atom. The summed E-state index contributed by atoms with van der Waals surface area (Å²) >= 11 is 1.81. The predicted octanol–water partition coefficient (Wildman–Crippen LogP) is 1.90.